The number of hydrogen-bond acceptors (Lipinski definition) is 3. The second-order valence-electron chi connectivity index (χ2n) is 5.68. The number of benzene rings is 2. The molecule has 2 aromatic carbocycles. The molecule has 5 heteroatoms. The number of hydrogen-bond donors (Lipinski definition) is 1. The molecular formula is C20H13F2N3. The molecule has 0 saturated heterocycles. The third-order valence-corrected chi connectivity index (χ3v) is 4.00. The van der Waals surface area contributed by atoms with Gasteiger partial charge in [-0.15, -0.1) is 0 Å². The molecule has 0 aliphatic carbocycles. The molecule has 0 fully saturated rings. The minimum absolute atomic E-state index is 0.306. The Bertz CT molecular complexity index is 1140. The number of aromatic nitrogens is 2. The zero-order valence-corrected chi connectivity index (χ0v) is 13.1. The number of pyridine rings is 2. The lowest BCUT2D eigenvalue weighted by atomic mass is 10.1. The lowest BCUT2D eigenvalue weighted by molar-refractivity contribution is 0.581. The van der Waals surface area contributed by atoms with Gasteiger partial charge in [0.1, 0.15) is 17.2 Å². The normalized spacial score (nSPS) is 11.6. The molecule has 3 nitrogen and oxygen atoms in total. The number of nitrogen functional groups attached to an aromatic ring is 1. The fraction of sp³-hybridized carbons (Fsp3) is 0. The largest absolute Gasteiger partial charge is 0.382 e. The monoisotopic (exact) mass is 333 g/mol. The van der Waals surface area contributed by atoms with Crippen LogP contribution in [0.2, 0.25) is 0 Å². The summed E-state index contributed by atoms with van der Waals surface area (Å²) in [6, 6.07) is 13.1. The summed E-state index contributed by atoms with van der Waals surface area (Å²) in [5.41, 5.74) is 8.51. The van der Waals surface area contributed by atoms with E-state index in [2.05, 4.69) is 9.97 Å². The van der Waals surface area contributed by atoms with Crippen LogP contribution in [-0.2, 0) is 0 Å². The zero-order valence-electron chi connectivity index (χ0n) is 13.1. The summed E-state index contributed by atoms with van der Waals surface area (Å²) in [5, 5.41) is 1.83. The average molecular weight is 333 g/mol. The van der Waals surface area contributed by atoms with Gasteiger partial charge in [0.15, 0.2) is 5.82 Å². The maximum atomic E-state index is 13.7. The van der Waals surface area contributed by atoms with Crippen molar-refractivity contribution in [1.29, 1.82) is 0 Å². The first-order valence-corrected chi connectivity index (χ1v) is 7.69. The quantitative estimate of drug-likeness (QED) is 0.535. The molecule has 0 unspecified atom stereocenters. The smallest absolute Gasteiger partial charge is 0.150 e. The van der Waals surface area contributed by atoms with E-state index in [1.54, 1.807) is 18.3 Å². The van der Waals surface area contributed by atoms with Gasteiger partial charge in [0.25, 0.3) is 0 Å². The number of anilines is 1. The summed E-state index contributed by atoms with van der Waals surface area (Å²) in [7, 11) is 0. The van der Waals surface area contributed by atoms with E-state index in [-0.39, 0.29) is 0 Å². The van der Waals surface area contributed by atoms with Gasteiger partial charge in [-0.1, -0.05) is 30.4 Å². The first-order chi connectivity index (χ1) is 12.1. The van der Waals surface area contributed by atoms with Crippen LogP contribution in [0.1, 0.15) is 11.1 Å². The molecule has 122 valence electrons. The van der Waals surface area contributed by atoms with Crippen LogP contribution >= 0.6 is 0 Å². The van der Waals surface area contributed by atoms with Gasteiger partial charge in [0.05, 0.1) is 5.52 Å². The van der Waals surface area contributed by atoms with Crippen LogP contribution in [0, 0.1) is 11.6 Å². The Morgan fingerprint density at radius 3 is 2.60 bits per heavy atom. The molecule has 0 aliphatic heterocycles. The molecule has 0 radical (unpaired) electrons. The fourth-order valence-electron chi connectivity index (χ4n) is 2.79. The van der Waals surface area contributed by atoms with Crippen molar-refractivity contribution in [1.82, 2.24) is 9.97 Å². The molecule has 0 bridgehead atoms. The van der Waals surface area contributed by atoms with Crippen LogP contribution in [0.15, 0.2) is 54.7 Å². The Hall–Kier alpha value is -3.34. The molecule has 0 atom stereocenters. The number of nitrogens with two attached hydrogens (primary N) is 1. The van der Waals surface area contributed by atoms with E-state index in [9.17, 15) is 8.78 Å². The Kier molecular flexibility index (Phi) is 3.61. The van der Waals surface area contributed by atoms with Crippen molar-refractivity contribution in [2.45, 2.75) is 0 Å². The zero-order chi connectivity index (χ0) is 17.4. The van der Waals surface area contributed by atoms with Crippen LogP contribution in [-0.4, -0.2) is 9.97 Å². The number of nitrogens with zero attached hydrogens (tertiary/aromatic N) is 2. The Morgan fingerprint density at radius 2 is 1.76 bits per heavy atom. The standard InChI is InChI=1S/C20H13F2N3/c21-14-8-7-13(17(22)10-14)6-5-12-9-16-15-3-1-2-4-18(15)25-20(23)19(16)24-11-12/h1-11H,(H2,23,25)/b6-5+. The summed E-state index contributed by atoms with van der Waals surface area (Å²) in [6.45, 7) is 0. The second-order valence-corrected chi connectivity index (χ2v) is 5.68. The number of rotatable bonds is 2. The minimum Gasteiger partial charge on any atom is -0.382 e. The lowest BCUT2D eigenvalue weighted by Gasteiger charge is -2.06. The molecule has 4 rings (SSSR count). The molecule has 0 amide bonds. The van der Waals surface area contributed by atoms with Gasteiger partial charge in [0, 0.05) is 28.6 Å². The summed E-state index contributed by atoms with van der Waals surface area (Å²) in [5.74, 6) is -0.839. The highest BCUT2D eigenvalue weighted by Crippen LogP contribution is 2.27. The minimum atomic E-state index is -0.608. The molecule has 2 aromatic heterocycles. The van der Waals surface area contributed by atoms with Gasteiger partial charge >= 0.3 is 0 Å². The average Bonchev–Trinajstić information content (AvgIpc) is 2.61. The van der Waals surface area contributed by atoms with Gasteiger partial charge in [-0.3, -0.25) is 4.98 Å². The third-order valence-electron chi connectivity index (χ3n) is 4.00. The van der Waals surface area contributed by atoms with Gasteiger partial charge in [-0.05, 0) is 29.8 Å². The molecule has 2 heterocycles. The number of halogens is 2. The lowest BCUT2D eigenvalue weighted by Crippen LogP contribution is -1.95. The van der Waals surface area contributed by atoms with Crippen LogP contribution in [0.25, 0.3) is 34.0 Å². The van der Waals surface area contributed by atoms with Crippen LogP contribution in [0.3, 0.4) is 0 Å². The number of para-hydroxylation sites is 1. The number of fused-ring (bicyclic) bond motifs is 3. The van der Waals surface area contributed by atoms with E-state index < -0.39 is 11.6 Å². The third kappa shape index (κ3) is 2.80. The molecule has 0 spiro atoms. The summed E-state index contributed by atoms with van der Waals surface area (Å²) < 4.78 is 26.7. The van der Waals surface area contributed by atoms with Crippen molar-refractivity contribution in [3.63, 3.8) is 0 Å². The maximum Gasteiger partial charge on any atom is 0.150 e. The van der Waals surface area contributed by atoms with E-state index in [1.165, 1.54) is 12.1 Å². The first-order valence-electron chi connectivity index (χ1n) is 7.69. The van der Waals surface area contributed by atoms with Gasteiger partial charge in [0.2, 0.25) is 0 Å². The van der Waals surface area contributed by atoms with Gasteiger partial charge in [-0.2, -0.15) is 0 Å². The summed E-state index contributed by atoms with van der Waals surface area (Å²) in [4.78, 5) is 8.75. The molecule has 2 N–H and O–H groups in total. The molecule has 0 aliphatic rings. The SMILES string of the molecule is Nc1nc2ccccc2c2cc(/C=C/c3ccc(F)cc3F)cnc12. The van der Waals surface area contributed by atoms with E-state index in [0.717, 1.165) is 27.9 Å². The van der Waals surface area contributed by atoms with E-state index >= 15 is 0 Å². The van der Waals surface area contributed by atoms with E-state index in [4.69, 9.17) is 5.73 Å². The molecule has 4 aromatic rings. The maximum absolute atomic E-state index is 13.7. The molecule has 25 heavy (non-hydrogen) atoms. The fourth-order valence-corrected chi connectivity index (χ4v) is 2.79. The highest BCUT2D eigenvalue weighted by atomic mass is 19.1. The van der Waals surface area contributed by atoms with Crippen molar-refractivity contribution in [3.05, 3.63) is 77.5 Å². The Balaban J connectivity index is 1.83. The van der Waals surface area contributed by atoms with Crippen molar-refractivity contribution in [2.24, 2.45) is 0 Å². The predicted molar refractivity (Wildman–Crippen MR) is 96.7 cm³/mol. The Labute approximate surface area is 142 Å². The van der Waals surface area contributed by atoms with Crippen LogP contribution in [0.4, 0.5) is 14.6 Å². The van der Waals surface area contributed by atoms with Gasteiger partial charge in [-0.25, -0.2) is 13.8 Å². The summed E-state index contributed by atoms with van der Waals surface area (Å²) in [6.07, 6.45) is 4.96. The van der Waals surface area contributed by atoms with Gasteiger partial charge < -0.3 is 5.73 Å². The Morgan fingerprint density at radius 1 is 0.920 bits per heavy atom. The van der Waals surface area contributed by atoms with E-state index in [1.807, 2.05) is 30.3 Å². The highest BCUT2D eigenvalue weighted by Gasteiger charge is 2.07. The van der Waals surface area contributed by atoms with Crippen molar-refractivity contribution in [2.75, 3.05) is 5.73 Å². The van der Waals surface area contributed by atoms with Crippen LogP contribution in [0.5, 0.6) is 0 Å². The highest BCUT2D eigenvalue weighted by molar-refractivity contribution is 6.08. The van der Waals surface area contributed by atoms with Crippen molar-refractivity contribution in [3.8, 4) is 0 Å². The van der Waals surface area contributed by atoms with Crippen LogP contribution < -0.4 is 5.73 Å². The molecular weight excluding hydrogens is 320 g/mol. The molecule has 0 saturated carbocycles. The van der Waals surface area contributed by atoms with E-state index in [0.29, 0.717) is 16.9 Å². The predicted octanol–water partition coefficient (Wildman–Crippen LogP) is 4.81. The summed E-state index contributed by atoms with van der Waals surface area (Å²) >= 11 is 0. The van der Waals surface area contributed by atoms with Crippen molar-refractivity contribution < 1.29 is 8.78 Å². The first kappa shape index (κ1) is 15.2. The topological polar surface area (TPSA) is 51.8 Å². The second kappa shape index (κ2) is 5.94. The van der Waals surface area contributed by atoms with Crippen molar-refractivity contribution >= 4 is 39.8 Å².